The minimum atomic E-state index is -0.0656. The van der Waals surface area contributed by atoms with Crippen molar-refractivity contribution in [3.63, 3.8) is 0 Å². The average Bonchev–Trinajstić information content (AvgIpc) is 3.05. The van der Waals surface area contributed by atoms with Gasteiger partial charge in [0.15, 0.2) is 11.0 Å². The lowest BCUT2D eigenvalue weighted by Gasteiger charge is -2.13. The molecule has 7 heteroatoms. The molecule has 1 heterocycles. The van der Waals surface area contributed by atoms with Crippen LogP contribution in [-0.4, -0.2) is 26.4 Å². The van der Waals surface area contributed by atoms with Crippen LogP contribution in [0.3, 0.4) is 0 Å². The van der Waals surface area contributed by atoms with Crippen molar-refractivity contribution in [2.24, 2.45) is 7.05 Å². The fraction of sp³-hybridized carbons (Fsp3) is 0.348. The maximum Gasteiger partial charge on any atom is 0.234 e. The van der Waals surface area contributed by atoms with Crippen LogP contribution >= 0.6 is 11.8 Å². The fourth-order valence-corrected chi connectivity index (χ4v) is 3.86. The number of hydrogen-bond acceptors (Lipinski definition) is 5. The van der Waals surface area contributed by atoms with Crippen molar-refractivity contribution in [1.82, 2.24) is 14.8 Å². The van der Waals surface area contributed by atoms with Gasteiger partial charge in [-0.3, -0.25) is 4.79 Å². The van der Waals surface area contributed by atoms with Crippen LogP contribution < -0.4 is 10.1 Å². The van der Waals surface area contributed by atoms with Crippen LogP contribution in [0.1, 0.15) is 42.3 Å². The normalized spacial score (nSPS) is 11.0. The van der Waals surface area contributed by atoms with Crippen molar-refractivity contribution in [2.75, 3.05) is 11.1 Å². The fourth-order valence-electron chi connectivity index (χ4n) is 3.13. The van der Waals surface area contributed by atoms with Crippen LogP contribution in [0.5, 0.6) is 5.75 Å². The number of hydrogen-bond donors (Lipinski definition) is 1. The van der Waals surface area contributed by atoms with Crippen molar-refractivity contribution >= 4 is 23.4 Å². The summed E-state index contributed by atoms with van der Waals surface area (Å²) in [5.41, 5.74) is 4.27. The second kappa shape index (κ2) is 9.80. The number of nitrogens with zero attached hydrogens (tertiary/aromatic N) is 3. The Hall–Kier alpha value is -2.80. The maximum atomic E-state index is 12.4. The summed E-state index contributed by atoms with van der Waals surface area (Å²) in [7, 11) is 1.88. The van der Waals surface area contributed by atoms with Gasteiger partial charge in [-0.05, 0) is 43.0 Å². The summed E-state index contributed by atoms with van der Waals surface area (Å²) in [6, 6.07) is 14.0. The highest BCUT2D eigenvalue weighted by atomic mass is 32.2. The highest BCUT2D eigenvalue weighted by molar-refractivity contribution is 7.99. The van der Waals surface area contributed by atoms with E-state index in [9.17, 15) is 4.79 Å². The molecule has 0 unspecified atom stereocenters. The Labute approximate surface area is 182 Å². The monoisotopic (exact) mass is 424 g/mol. The SMILES string of the molecule is Cc1ccc(OCc2nnc(SCC(=O)Nc3ccccc3C(C)C)n2C)c(C)c1. The van der Waals surface area contributed by atoms with Gasteiger partial charge in [0, 0.05) is 12.7 Å². The van der Waals surface area contributed by atoms with Crippen molar-refractivity contribution in [2.45, 2.75) is 45.4 Å². The lowest BCUT2D eigenvalue weighted by molar-refractivity contribution is -0.113. The molecule has 0 bridgehead atoms. The number of carbonyl (C=O) groups is 1. The van der Waals surface area contributed by atoms with E-state index in [1.54, 1.807) is 0 Å². The maximum absolute atomic E-state index is 12.4. The number of aromatic nitrogens is 3. The summed E-state index contributed by atoms with van der Waals surface area (Å²) in [5, 5.41) is 12.1. The van der Waals surface area contributed by atoms with Crippen LogP contribution in [-0.2, 0) is 18.4 Å². The van der Waals surface area contributed by atoms with Crippen molar-refractivity contribution in [1.29, 1.82) is 0 Å². The number of carbonyl (C=O) groups excluding carboxylic acids is 1. The van der Waals surface area contributed by atoms with Gasteiger partial charge in [0.2, 0.25) is 5.91 Å². The molecule has 2 aromatic carbocycles. The van der Waals surface area contributed by atoms with E-state index in [1.807, 2.05) is 54.9 Å². The predicted molar refractivity (Wildman–Crippen MR) is 121 cm³/mol. The summed E-state index contributed by atoms with van der Waals surface area (Å²) in [6.07, 6.45) is 0. The lowest BCUT2D eigenvalue weighted by Crippen LogP contribution is -2.16. The number of rotatable bonds is 8. The standard InChI is InChI=1S/C23H28N4O2S/c1-15(2)18-8-6-7-9-19(18)24-22(28)14-30-23-26-25-21(27(23)5)13-29-20-11-10-16(3)12-17(20)4/h6-12,15H,13-14H2,1-5H3,(H,24,28). The first-order valence-electron chi connectivity index (χ1n) is 9.95. The molecular formula is C23H28N4O2S. The number of thioether (sulfide) groups is 1. The Balaban J connectivity index is 1.57. The lowest BCUT2D eigenvalue weighted by atomic mass is 10.0. The van der Waals surface area contributed by atoms with Gasteiger partial charge in [-0.2, -0.15) is 0 Å². The molecule has 6 nitrogen and oxygen atoms in total. The zero-order valence-electron chi connectivity index (χ0n) is 18.1. The van der Waals surface area contributed by atoms with Gasteiger partial charge >= 0.3 is 0 Å². The molecule has 1 N–H and O–H groups in total. The number of ether oxygens (including phenoxy) is 1. The number of nitrogens with one attached hydrogen (secondary N) is 1. The van der Waals surface area contributed by atoms with Crippen LogP contribution in [0, 0.1) is 13.8 Å². The zero-order valence-corrected chi connectivity index (χ0v) is 18.9. The van der Waals surface area contributed by atoms with E-state index in [0.29, 0.717) is 23.5 Å². The van der Waals surface area contributed by atoms with E-state index in [-0.39, 0.29) is 11.7 Å². The molecule has 1 amide bonds. The molecule has 0 aliphatic rings. The minimum absolute atomic E-state index is 0.0656. The first kappa shape index (κ1) is 21.9. The predicted octanol–water partition coefficient (Wildman–Crippen LogP) is 4.87. The van der Waals surface area contributed by atoms with E-state index >= 15 is 0 Å². The van der Waals surface area contributed by atoms with Gasteiger partial charge in [-0.1, -0.05) is 61.5 Å². The van der Waals surface area contributed by atoms with Crippen LogP contribution in [0.15, 0.2) is 47.6 Å². The first-order chi connectivity index (χ1) is 14.3. The van der Waals surface area contributed by atoms with Gasteiger partial charge < -0.3 is 14.6 Å². The number of amides is 1. The molecule has 3 aromatic rings. The Kier molecular flexibility index (Phi) is 7.15. The third-order valence-electron chi connectivity index (χ3n) is 4.80. The number of aryl methyl sites for hydroxylation is 2. The first-order valence-corrected chi connectivity index (χ1v) is 10.9. The molecular weight excluding hydrogens is 396 g/mol. The molecule has 0 aliphatic carbocycles. The van der Waals surface area contributed by atoms with E-state index in [1.165, 1.54) is 17.3 Å². The smallest absolute Gasteiger partial charge is 0.234 e. The summed E-state index contributed by atoms with van der Waals surface area (Å²) in [5.74, 6) is 2.08. The second-order valence-corrected chi connectivity index (χ2v) is 8.54. The molecule has 0 aliphatic heterocycles. The van der Waals surface area contributed by atoms with E-state index < -0.39 is 0 Å². The zero-order chi connectivity index (χ0) is 21.7. The van der Waals surface area contributed by atoms with E-state index in [2.05, 4.69) is 42.4 Å². The van der Waals surface area contributed by atoms with E-state index in [4.69, 9.17) is 4.74 Å². The van der Waals surface area contributed by atoms with Crippen molar-refractivity contribution < 1.29 is 9.53 Å². The van der Waals surface area contributed by atoms with Crippen LogP contribution in [0.25, 0.3) is 0 Å². The molecule has 0 spiro atoms. The van der Waals surface area contributed by atoms with Crippen LogP contribution in [0.4, 0.5) is 5.69 Å². The Bertz CT molecular complexity index is 1030. The topological polar surface area (TPSA) is 69.0 Å². The summed E-state index contributed by atoms with van der Waals surface area (Å²) < 4.78 is 7.76. The molecule has 0 radical (unpaired) electrons. The molecule has 0 saturated carbocycles. The van der Waals surface area contributed by atoms with Gasteiger partial charge in [0.25, 0.3) is 0 Å². The Morgan fingerprint density at radius 3 is 2.67 bits per heavy atom. The van der Waals surface area contributed by atoms with Gasteiger partial charge in [-0.25, -0.2) is 0 Å². The Morgan fingerprint density at radius 2 is 1.93 bits per heavy atom. The number of para-hydroxylation sites is 1. The highest BCUT2D eigenvalue weighted by Gasteiger charge is 2.14. The van der Waals surface area contributed by atoms with Gasteiger partial charge in [0.1, 0.15) is 12.4 Å². The quantitative estimate of drug-likeness (QED) is 0.523. The van der Waals surface area contributed by atoms with Crippen molar-refractivity contribution in [3.05, 3.63) is 65.0 Å². The van der Waals surface area contributed by atoms with Gasteiger partial charge in [-0.15, -0.1) is 10.2 Å². The molecule has 0 atom stereocenters. The van der Waals surface area contributed by atoms with Crippen LogP contribution in [0.2, 0.25) is 0 Å². The van der Waals surface area contributed by atoms with Crippen molar-refractivity contribution in [3.8, 4) is 5.75 Å². The summed E-state index contributed by atoms with van der Waals surface area (Å²) in [4.78, 5) is 12.4. The number of anilines is 1. The largest absolute Gasteiger partial charge is 0.485 e. The average molecular weight is 425 g/mol. The third-order valence-corrected chi connectivity index (χ3v) is 5.82. The molecule has 0 fully saturated rings. The second-order valence-electron chi connectivity index (χ2n) is 7.59. The molecule has 158 valence electrons. The van der Waals surface area contributed by atoms with Gasteiger partial charge in [0.05, 0.1) is 5.75 Å². The summed E-state index contributed by atoms with van der Waals surface area (Å²) >= 11 is 1.36. The third kappa shape index (κ3) is 5.42. The molecule has 3 rings (SSSR count). The molecule has 30 heavy (non-hydrogen) atoms. The molecule has 0 saturated heterocycles. The summed E-state index contributed by atoms with van der Waals surface area (Å²) in [6.45, 7) is 8.63. The van der Waals surface area contributed by atoms with E-state index in [0.717, 1.165) is 22.6 Å². The highest BCUT2D eigenvalue weighted by Crippen LogP contribution is 2.25. The Morgan fingerprint density at radius 1 is 1.17 bits per heavy atom. The molecule has 1 aromatic heterocycles. The number of benzene rings is 2. The minimum Gasteiger partial charge on any atom is -0.485 e.